The summed E-state index contributed by atoms with van der Waals surface area (Å²) in [5, 5.41) is 11.2. The van der Waals surface area contributed by atoms with Crippen LogP contribution in [0.25, 0.3) is 0 Å². The highest BCUT2D eigenvalue weighted by Gasteiger charge is 2.41. The second kappa shape index (κ2) is 8.48. The fraction of sp³-hybridized carbons (Fsp3) is 0.294. The molecule has 138 valence electrons. The molecule has 0 saturated carbocycles. The summed E-state index contributed by atoms with van der Waals surface area (Å²) in [5.41, 5.74) is 0. The van der Waals surface area contributed by atoms with Crippen LogP contribution >= 0.6 is 0 Å². The molecule has 0 fully saturated rings. The van der Waals surface area contributed by atoms with E-state index < -0.39 is 17.4 Å². The van der Waals surface area contributed by atoms with Crippen molar-refractivity contribution in [2.24, 2.45) is 0 Å². The van der Waals surface area contributed by atoms with Crippen LogP contribution in [0.1, 0.15) is 17.3 Å². The number of rotatable bonds is 11. The number of nitro groups is 1. The van der Waals surface area contributed by atoms with Crippen molar-refractivity contribution < 1.29 is 32.4 Å². The van der Waals surface area contributed by atoms with Crippen molar-refractivity contribution in [2.45, 2.75) is 25.8 Å². The molecule has 0 aromatic carbocycles. The molecule has 0 spiro atoms. The Morgan fingerprint density at radius 3 is 1.46 bits per heavy atom. The number of nitrogens with zero attached hydrogens (tertiary/aromatic N) is 1. The van der Waals surface area contributed by atoms with Gasteiger partial charge in [-0.3, -0.25) is 10.1 Å². The molecule has 0 aliphatic carbocycles. The highest BCUT2D eigenvalue weighted by Crippen LogP contribution is 2.23. The zero-order valence-corrected chi connectivity index (χ0v) is 13.7. The topological polar surface area (TPSA) is 110 Å². The molecule has 0 atom stereocenters. The Kier molecular flexibility index (Phi) is 5.84. The van der Waals surface area contributed by atoms with Crippen molar-refractivity contribution in [1.82, 2.24) is 0 Å². The minimum atomic E-state index is -1.95. The Morgan fingerprint density at radius 1 is 0.808 bits per heavy atom. The predicted molar refractivity (Wildman–Crippen MR) is 85.1 cm³/mol. The molecular weight excluding hydrogens is 346 g/mol. The van der Waals surface area contributed by atoms with Gasteiger partial charge in [-0.2, -0.15) is 0 Å². The van der Waals surface area contributed by atoms with Gasteiger partial charge in [0.05, 0.1) is 18.8 Å². The maximum Gasteiger partial charge on any atom is 0.353 e. The van der Waals surface area contributed by atoms with Crippen molar-refractivity contribution in [3.63, 3.8) is 0 Å². The molecule has 9 heteroatoms. The molecular formula is C17H17NO8. The molecule has 3 heterocycles. The Balaban J connectivity index is 1.74. The fourth-order valence-electron chi connectivity index (χ4n) is 2.15. The third kappa shape index (κ3) is 5.06. The average molecular weight is 363 g/mol. The maximum absolute atomic E-state index is 11.2. The molecule has 0 amide bonds. The number of furan rings is 3. The predicted octanol–water partition coefficient (Wildman–Crippen LogP) is 3.35. The van der Waals surface area contributed by atoms with Gasteiger partial charge >= 0.3 is 5.97 Å². The Bertz CT molecular complexity index is 670. The largest absolute Gasteiger partial charge is 0.467 e. The van der Waals surface area contributed by atoms with Gasteiger partial charge in [0.1, 0.15) is 37.1 Å². The van der Waals surface area contributed by atoms with Crippen molar-refractivity contribution >= 4 is 0 Å². The van der Waals surface area contributed by atoms with E-state index in [2.05, 4.69) is 0 Å². The van der Waals surface area contributed by atoms with Gasteiger partial charge in [-0.05, 0) is 36.4 Å². The highest BCUT2D eigenvalue weighted by atomic mass is 16.9. The first-order valence-electron chi connectivity index (χ1n) is 7.76. The van der Waals surface area contributed by atoms with E-state index in [0.29, 0.717) is 17.3 Å². The number of hydrogen-bond donors (Lipinski definition) is 0. The summed E-state index contributed by atoms with van der Waals surface area (Å²) >= 11 is 0. The van der Waals surface area contributed by atoms with Crippen LogP contribution in [0.3, 0.4) is 0 Å². The van der Waals surface area contributed by atoms with Gasteiger partial charge in [-0.1, -0.05) is 0 Å². The molecule has 0 radical (unpaired) electrons. The average Bonchev–Trinajstić information content (AvgIpc) is 3.39. The zero-order chi connectivity index (χ0) is 18.2. The second-order valence-corrected chi connectivity index (χ2v) is 5.28. The van der Waals surface area contributed by atoms with Gasteiger partial charge in [0.2, 0.25) is 0 Å². The Morgan fingerprint density at radius 2 is 1.19 bits per heavy atom. The Labute approximate surface area is 148 Å². The first-order valence-corrected chi connectivity index (χ1v) is 7.76. The highest BCUT2D eigenvalue weighted by molar-refractivity contribution is 4.98. The van der Waals surface area contributed by atoms with Crippen LogP contribution in [0, 0.1) is 10.1 Å². The lowest BCUT2D eigenvalue weighted by molar-refractivity contribution is -0.561. The van der Waals surface area contributed by atoms with Gasteiger partial charge < -0.3 is 27.5 Å². The second-order valence-electron chi connectivity index (χ2n) is 5.28. The normalized spacial score (nSPS) is 11.7. The minimum Gasteiger partial charge on any atom is -0.467 e. The van der Waals surface area contributed by atoms with Crippen LogP contribution in [0.15, 0.2) is 68.4 Å². The number of hydrogen-bond acceptors (Lipinski definition) is 8. The molecule has 0 bridgehead atoms. The lowest BCUT2D eigenvalue weighted by Crippen LogP contribution is -2.45. The fourth-order valence-corrected chi connectivity index (χ4v) is 2.15. The van der Waals surface area contributed by atoms with Crippen molar-refractivity contribution in [2.75, 3.05) is 6.54 Å². The van der Waals surface area contributed by atoms with Crippen molar-refractivity contribution in [3.05, 3.63) is 82.6 Å². The summed E-state index contributed by atoms with van der Waals surface area (Å²) in [6.07, 6.45) is 4.42. The molecule has 0 aliphatic heterocycles. The first kappa shape index (κ1) is 17.9. The van der Waals surface area contributed by atoms with Crippen LogP contribution in [0.2, 0.25) is 0 Å². The molecule has 0 unspecified atom stereocenters. The smallest absolute Gasteiger partial charge is 0.353 e. The van der Waals surface area contributed by atoms with E-state index in [1.54, 1.807) is 36.4 Å². The van der Waals surface area contributed by atoms with Crippen LogP contribution in [-0.2, 0) is 34.0 Å². The van der Waals surface area contributed by atoms with Gasteiger partial charge in [0, 0.05) is 4.92 Å². The summed E-state index contributed by atoms with van der Waals surface area (Å²) < 4.78 is 32.4. The summed E-state index contributed by atoms with van der Waals surface area (Å²) in [5.74, 6) is -0.529. The summed E-state index contributed by atoms with van der Waals surface area (Å²) in [7, 11) is 0. The lowest BCUT2D eigenvalue weighted by Gasteiger charge is -2.28. The molecule has 0 aliphatic rings. The molecule has 3 aromatic rings. The SMILES string of the molecule is O=[N+]([O-])CC(OCc1ccco1)(OCc1ccco1)OCc1ccco1. The first-order chi connectivity index (χ1) is 12.7. The maximum atomic E-state index is 11.2. The summed E-state index contributed by atoms with van der Waals surface area (Å²) in [4.78, 5) is 10.6. The van der Waals surface area contributed by atoms with Gasteiger partial charge in [-0.15, -0.1) is 0 Å². The van der Waals surface area contributed by atoms with Crippen LogP contribution in [-0.4, -0.2) is 17.4 Å². The van der Waals surface area contributed by atoms with Crippen LogP contribution in [0.5, 0.6) is 0 Å². The summed E-state index contributed by atoms with van der Waals surface area (Å²) in [6.45, 7) is -0.958. The van der Waals surface area contributed by atoms with E-state index in [9.17, 15) is 10.1 Å². The Hall–Kier alpha value is -2.88. The lowest BCUT2D eigenvalue weighted by atomic mass is 10.4. The van der Waals surface area contributed by atoms with Gasteiger partial charge in [-0.25, -0.2) is 0 Å². The van der Waals surface area contributed by atoms with Gasteiger partial charge in [0.25, 0.3) is 6.54 Å². The van der Waals surface area contributed by atoms with E-state index in [1.807, 2.05) is 0 Å². The van der Waals surface area contributed by atoms with E-state index in [1.165, 1.54) is 18.8 Å². The quantitative estimate of drug-likeness (QED) is 0.290. The zero-order valence-electron chi connectivity index (χ0n) is 13.7. The van der Waals surface area contributed by atoms with E-state index in [4.69, 9.17) is 27.5 Å². The molecule has 9 nitrogen and oxygen atoms in total. The van der Waals surface area contributed by atoms with Crippen molar-refractivity contribution in [1.29, 1.82) is 0 Å². The number of ether oxygens (including phenoxy) is 3. The molecule has 3 aromatic heterocycles. The van der Waals surface area contributed by atoms with Crippen LogP contribution in [0.4, 0.5) is 0 Å². The van der Waals surface area contributed by atoms with E-state index >= 15 is 0 Å². The van der Waals surface area contributed by atoms with Gasteiger partial charge in [0.15, 0.2) is 0 Å². The molecule has 0 N–H and O–H groups in total. The minimum absolute atomic E-state index is 0.0723. The third-order valence-electron chi connectivity index (χ3n) is 3.37. The van der Waals surface area contributed by atoms with Crippen LogP contribution < -0.4 is 0 Å². The van der Waals surface area contributed by atoms with Crippen molar-refractivity contribution in [3.8, 4) is 0 Å². The standard InChI is InChI=1S/C17H17NO8/c19-18(20)13-17(24-10-14-4-1-7-21-14,25-11-15-5-2-8-22-15)26-12-16-6-3-9-23-16/h1-9H,10-13H2. The third-order valence-corrected chi connectivity index (χ3v) is 3.37. The molecule has 0 saturated heterocycles. The van der Waals surface area contributed by atoms with E-state index in [-0.39, 0.29) is 19.8 Å². The van der Waals surface area contributed by atoms with E-state index in [0.717, 1.165) is 0 Å². The summed E-state index contributed by atoms with van der Waals surface area (Å²) in [6, 6.07) is 10.1. The monoisotopic (exact) mass is 363 g/mol. The molecule has 3 rings (SSSR count). The molecule has 26 heavy (non-hydrogen) atoms.